The number of benzene rings is 1. The normalized spacial score (nSPS) is 13.0. The molecule has 0 aliphatic carbocycles. The van der Waals surface area contributed by atoms with Crippen LogP contribution in [0, 0.1) is 0 Å². The van der Waals surface area contributed by atoms with Crippen molar-refractivity contribution in [3.05, 3.63) is 28.8 Å². The number of phenolic OH excluding ortho intramolecular Hbond substituents is 1. The van der Waals surface area contributed by atoms with Gasteiger partial charge in [-0.15, -0.1) is 0 Å². The van der Waals surface area contributed by atoms with Crippen LogP contribution in [0.1, 0.15) is 58.2 Å². The van der Waals surface area contributed by atoms with Crippen molar-refractivity contribution in [1.29, 1.82) is 0 Å². The van der Waals surface area contributed by atoms with E-state index >= 15 is 0 Å². The first-order valence-corrected chi connectivity index (χ1v) is 7.23. The molecule has 0 fully saturated rings. The van der Waals surface area contributed by atoms with Crippen molar-refractivity contribution in [2.45, 2.75) is 58.9 Å². The molecule has 0 heterocycles. The average molecular weight is 295 g/mol. The maximum Gasteiger partial charge on any atom is 0.123 e. The molecule has 0 aliphatic heterocycles. The maximum atomic E-state index is 10.7. The number of rotatable bonds is 4. The molecule has 0 saturated heterocycles. The van der Waals surface area contributed by atoms with Gasteiger partial charge < -0.3 is 5.11 Å². The highest BCUT2D eigenvalue weighted by molar-refractivity contribution is 5.49. The van der Waals surface area contributed by atoms with Gasteiger partial charge in [0.1, 0.15) is 5.75 Å². The molecule has 0 aliphatic rings. The van der Waals surface area contributed by atoms with E-state index in [1.54, 1.807) is 14.2 Å². The standard InChI is InChI=1S/C17H29NO3/c1-16(2,3)13-9-12(11-18(20-7)21-8)10-14(15(13)19)17(4,5)6/h9-10,19H,11H2,1-8H3. The minimum Gasteiger partial charge on any atom is -0.507 e. The summed E-state index contributed by atoms with van der Waals surface area (Å²) in [4.78, 5) is 10.3. The number of hydrogen-bond donors (Lipinski definition) is 1. The molecule has 0 spiro atoms. The zero-order valence-electron chi connectivity index (χ0n) is 14.6. The summed E-state index contributed by atoms with van der Waals surface area (Å²) in [6.45, 7) is 13.1. The molecule has 1 aromatic rings. The SMILES string of the molecule is CON(Cc1cc(C(C)(C)C)c(O)c(C(C)(C)C)c1)OC. The Morgan fingerprint density at radius 3 is 1.57 bits per heavy atom. The molecule has 1 rings (SSSR count). The first-order chi connectivity index (χ1) is 9.50. The molecule has 0 unspecified atom stereocenters. The largest absolute Gasteiger partial charge is 0.507 e. The van der Waals surface area contributed by atoms with Crippen LogP contribution in [-0.4, -0.2) is 24.6 Å². The second kappa shape index (κ2) is 6.34. The zero-order chi connectivity index (χ0) is 16.4. The molecule has 0 radical (unpaired) electrons. The van der Waals surface area contributed by atoms with E-state index in [2.05, 4.69) is 41.5 Å². The molecule has 0 aromatic heterocycles. The van der Waals surface area contributed by atoms with Gasteiger partial charge in [-0.05, 0) is 27.5 Å². The zero-order valence-corrected chi connectivity index (χ0v) is 14.6. The Balaban J connectivity index is 3.40. The van der Waals surface area contributed by atoms with Crippen LogP contribution in [0.3, 0.4) is 0 Å². The molecule has 4 nitrogen and oxygen atoms in total. The summed E-state index contributed by atoms with van der Waals surface area (Å²) in [7, 11) is 3.14. The van der Waals surface area contributed by atoms with Crippen LogP contribution < -0.4 is 0 Å². The van der Waals surface area contributed by atoms with E-state index in [-0.39, 0.29) is 10.8 Å². The van der Waals surface area contributed by atoms with Gasteiger partial charge in [0.25, 0.3) is 0 Å². The Labute approximate surface area is 128 Å². The van der Waals surface area contributed by atoms with Gasteiger partial charge in [0.2, 0.25) is 0 Å². The summed E-state index contributed by atoms with van der Waals surface area (Å²) in [5.74, 6) is 0.389. The van der Waals surface area contributed by atoms with Crippen LogP contribution in [0.25, 0.3) is 0 Å². The smallest absolute Gasteiger partial charge is 0.123 e. The molecular formula is C17H29NO3. The third-order valence-electron chi connectivity index (χ3n) is 3.50. The molecule has 21 heavy (non-hydrogen) atoms. The molecular weight excluding hydrogens is 266 g/mol. The van der Waals surface area contributed by atoms with Crippen LogP contribution >= 0.6 is 0 Å². The van der Waals surface area contributed by atoms with Gasteiger partial charge in [0.15, 0.2) is 0 Å². The Hall–Kier alpha value is -1.10. The van der Waals surface area contributed by atoms with Crippen molar-refractivity contribution in [2.24, 2.45) is 0 Å². The van der Waals surface area contributed by atoms with Crippen molar-refractivity contribution >= 4 is 0 Å². The van der Waals surface area contributed by atoms with Crippen molar-refractivity contribution in [1.82, 2.24) is 5.23 Å². The summed E-state index contributed by atoms with van der Waals surface area (Å²) in [5.41, 5.74) is 2.66. The summed E-state index contributed by atoms with van der Waals surface area (Å²) in [5, 5.41) is 12.1. The minimum absolute atomic E-state index is 0.134. The highest BCUT2D eigenvalue weighted by atomic mass is 16.9. The second-order valence-corrected chi connectivity index (χ2v) is 7.40. The van der Waals surface area contributed by atoms with Crippen molar-refractivity contribution < 1.29 is 14.8 Å². The monoisotopic (exact) mass is 295 g/mol. The summed E-state index contributed by atoms with van der Waals surface area (Å²) in [6.07, 6.45) is 0. The van der Waals surface area contributed by atoms with Crippen LogP contribution in [0.2, 0.25) is 0 Å². The van der Waals surface area contributed by atoms with Gasteiger partial charge in [-0.25, -0.2) is 0 Å². The van der Waals surface area contributed by atoms with Crippen molar-refractivity contribution in [3.63, 3.8) is 0 Å². The predicted molar refractivity (Wildman–Crippen MR) is 85.1 cm³/mol. The van der Waals surface area contributed by atoms with Crippen LogP contribution in [0.4, 0.5) is 0 Å². The highest BCUT2D eigenvalue weighted by Gasteiger charge is 2.26. The number of hydrogen-bond acceptors (Lipinski definition) is 4. The summed E-state index contributed by atoms with van der Waals surface area (Å²) < 4.78 is 0. The minimum atomic E-state index is -0.134. The topological polar surface area (TPSA) is 41.9 Å². The molecule has 1 N–H and O–H groups in total. The Morgan fingerprint density at radius 2 is 1.29 bits per heavy atom. The Morgan fingerprint density at radius 1 is 0.905 bits per heavy atom. The van der Waals surface area contributed by atoms with E-state index in [1.807, 2.05) is 12.1 Å². The molecule has 0 bridgehead atoms. The lowest BCUT2D eigenvalue weighted by Gasteiger charge is -2.29. The highest BCUT2D eigenvalue weighted by Crippen LogP contribution is 2.39. The Bertz CT molecular complexity index is 445. The lowest BCUT2D eigenvalue weighted by Crippen LogP contribution is -2.22. The third kappa shape index (κ3) is 4.43. The molecule has 120 valence electrons. The fourth-order valence-electron chi connectivity index (χ4n) is 2.28. The van der Waals surface area contributed by atoms with Gasteiger partial charge in [0.05, 0.1) is 20.8 Å². The lowest BCUT2D eigenvalue weighted by molar-refractivity contribution is -0.349. The van der Waals surface area contributed by atoms with E-state index in [0.29, 0.717) is 12.3 Å². The van der Waals surface area contributed by atoms with E-state index in [9.17, 15) is 5.11 Å². The molecule has 0 atom stereocenters. The van der Waals surface area contributed by atoms with Crippen molar-refractivity contribution in [2.75, 3.05) is 14.2 Å². The van der Waals surface area contributed by atoms with Crippen LogP contribution in [0.5, 0.6) is 5.75 Å². The van der Waals surface area contributed by atoms with Gasteiger partial charge in [-0.1, -0.05) is 58.9 Å². The third-order valence-corrected chi connectivity index (χ3v) is 3.50. The molecule has 0 saturated carbocycles. The van der Waals surface area contributed by atoms with E-state index in [4.69, 9.17) is 9.68 Å². The van der Waals surface area contributed by atoms with Gasteiger partial charge >= 0.3 is 0 Å². The maximum absolute atomic E-state index is 10.7. The summed E-state index contributed by atoms with van der Waals surface area (Å²) >= 11 is 0. The lowest BCUT2D eigenvalue weighted by atomic mass is 9.78. The molecule has 4 heteroatoms. The van der Waals surface area contributed by atoms with Gasteiger partial charge in [-0.3, -0.25) is 9.68 Å². The Kier molecular flexibility index (Phi) is 5.42. The quantitative estimate of drug-likeness (QED) is 0.855. The van der Waals surface area contributed by atoms with Crippen LogP contribution in [-0.2, 0) is 27.0 Å². The van der Waals surface area contributed by atoms with Crippen LogP contribution in [0.15, 0.2) is 12.1 Å². The van der Waals surface area contributed by atoms with Gasteiger partial charge in [-0.2, -0.15) is 0 Å². The number of hydroxylamine groups is 2. The number of phenols is 1. The summed E-state index contributed by atoms with van der Waals surface area (Å²) in [6, 6.07) is 4.05. The first kappa shape index (κ1) is 18.0. The second-order valence-electron chi connectivity index (χ2n) is 7.40. The first-order valence-electron chi connectivity index (χ1n) is 7.23. The molecule has 1 aromatic carbocycles. The predicted octanol–water partition coefficient (Wildman–Crippen LogP) is 3.91. The van der Waals surface area contributed by atoms with E-state index < -0.39 is 0 Å². The van der Waals surface area contributed by atoms with Gasteiger partial charge in [0, 0.05) is 0 Å². The number of aromatic hydroxyl groups is 1. The van der Waals surface area contributed by atoms with Crippen molar-refractivity contribution in [3.8, 4) is 5.75 Å². The van der Waals surface area contributed by atoms with E-state index in [0.717, 1.165) is 16.7 Å². The molecule has 0 amide bonds. The fraction of sp³-hybridized carbons (Fsp3) is 0.647. The number of nitrogens with zero attached hydrogens (tertiary/aromatic N) is 1. The fourth-order valence-corrected chi connectivity index (χ4v) is 2.28. The van der Waals surface area contributed by atoms with E-state index in [1.165, 1.54) is 5.23 Å². The average Bonchev–Trinajstić information content (AvgIpc) is 2.34.